The molecule has 7 aliphatic rings. The van der Waals surface area contributed by atoms with E-state index in [2.05, 4.69) is 20.8 Å². The number of hydrogen-bond acceptors (Lipinski definition) is 10. The molecule has 260 valence electrons. The molecule has 2 aliphatic heterocycles. The normalized spacial score (nSPS) is 56.2. The lowest BCUT2D eigenvalue weighted by molar-refractivity contribution is -0.327. The Bertz CT molecular complexity index is 1290. The number of hydrogen-bond donors (Lipinski definition) is 5. The fourth-order valence-corrected chi connectivity index (χ4v) is 13.1. The summed E-state index contributed by atoms with van der Waals surface area (Å²) in [5.41, 5.74) is -3.27. The minimum atomic E-state index is -1.56. The third kappa shape index (κ3) is 4.11. The molecule has 5 aliphatic carbocycles. The van der Waals surface area contributed by atoms with Gasteiger partial charge in [0.25, 0.3) is 0 Å². The van der Waals surface area contributed by atoms with Gasteiger partial charge in [0.2, 0.25) is 0 Å². The monoisotopic (exact) mass is 648 g/mol. The fraction of sp³-hybridized carbons (Fsp3) is 0.944. The molecule has 7 fully saturated rings. The molecule has 0 aromatic carbocycles. The van der Waals surface area contributed by atoms with Crippen LogP contribution in [0.2, 0.25) is 0 Å². The van der Waals surface area contributed by atoms with E-state index in [1.807, 2.05) is 13.8 Å². The van der Waals surface area contributed by atoms with Crippen LogP contribution in [0.5, 0.6) is 0 Å². The molecule has 0 amide bonds. The van der Waals surface area contributed by atoms with Gasteiger partial charge < -0.3 is 39.7 Å². The smallest absolute Gasteiger partial charge is 0.186 e. The number of carbonyl (C=O) groups excluding carboxylic acids is 2. The highest BCUT2D eigenvalue weighted by molar-refractivity contribution is 5.88. The standard InChI is InChI=1S/C36H56O10/c1-30(2)22(39)8-11-36-17-35(36)13-12-32(5)27(34(7)10-9-23(46-34)31(3,4)43)18(38)15-33(32,6)21(35)14-19(28(30)36)44-29-26(42)25(41)24(40)20(16-37)45-29/h19-21,23-29,37,40-43H,8-17H2,1-7H3/t19?,20-,21+,23?,24-,25+,26-,27+,28+,29-,32-,33+,34+,35+,36-/m1/s1. The summed E-state index contributed by atoms with van der Waals surface area (Å²) in [5.74, 6) is 0.0770. The van der Waals surface area contributed by atoms with E-state index in [1.165, 1.54) is 0 Å². The minimum absolute atomic E-state index is 0.0264. The molecule has 10 nitrogen and oxygen atoms in total. The number of Topliss-reactive ketones (excluding diaryl/α,β-unsaturated/α-hetero) is 2. The van der Waals surface area contributed by atoms with Crippen LogP contribution in [0, 0.1) is 44.8 Å². The first-order valence-corrected chi connectivity index (χ1v) is 17.6. The summed E-state index contributed by atoms with van der Waals surface area (Å²) in [6, 6.07) is 0. The third-order valence-electron chi connectivity index (χ3n) is 15.4. The molecule has 5 saturated carbocycles. The minimum Gasteiger partial charge on any atom is -0.394 e. The van der Waals surface area contributed by atoms with Crippen LogP contribution in [-0.4, -0.2) is 97.8 Å². The van der Waals surface area contributed by atoms with Crippen molar-refractivity contribution in [1.82, 2.24) is 0 Å². The second-order valence-electron chi connectivity index (χ2n) is 18.3. The maximum atomic E-state index is 14.4. The Morgan fingerprint density at radius 2 is 1.61 bits per heavy atom. The third-order valence-corrected chi connectivity index (χ3v) is 15.4. The molecule has 2 heterocycles. The van der Waals surface area contributed by atoms with E-state index in [-0.39, 0.29) is 57.1 Å². The van der Waals surface area contributed by atoms with Crippen molar-refractivity contribution in [3.63, 3.8) is 0 Å². The van der Waals surface area contributed by atoms with Gasteiger partial charge in [-0.2, -0.15) is 0 Å². The summed E-state index contributed by atoms with van der Waals surface area (Å²) < 4.78 is 19.2. The molecule has 5 N–H and O–H groups in total. The molecular formula is C36H56O10. The van der Waals surface area contributed by atoms with Gasteiger partial charge in [-0.25, -0.2) is 0 Å². The van der Waals surface area contributed by atoms with Gasteiger partial charge in [-0.15, -0.1) is 0 Å². The van der Waals surface area contributed by atoms with Crippen molar-refractivity contribution in [3.8, 4) is 0 Å². The Kier molecular flexibility index (Phi) is 7.32. The molecule has 10 heteroatoms. The van der Waals surface area contributed by atoms with E-state index in [4.69, 9.17) is 14.2 Å². The number of ketones is 2. The topological polar surface area (TPSA) is 163 Å². The highest BCUT2D eigenvalue weighted by atomic mass is 16.7. The molecule has 15 atom stereocenters. The van der Waals surface area contributed by atoms with Crippen molar-refractivity contribution in [1.29, 1.82) is 0 Å². The Labute approximate surface area is 272 Å². The van der Waals surface area contributed by atoms with Crippen LogP contribution in [0.15, 0.2) is 0 Å². The molecule has 0 radical (unpaired) electrons. The number of ether oxygens (including phenoxy) is 3. The number of aliphatic hydroxyl groups is 5. The summed E-state index contributed by atoms with van der Waals surface area (Å²) >= 11 is 0. The Morgan fingerprint density at radius 3 is 2.24 bits per heavy atom. The fourth-order valence-electron chi connectivity index (χ4n) is 13.1. The van der Waals surface area contributed by atoms with Gasteiger partial charge in [0.15, 0.2) is 6.29 Å². The van der Waals surface area contributed by atoms with Crippen molar-refractivity contribution in [3.05, 3.63) is 0 Å². The summed E-state index contributed by atoms with van der Waals surface area (Å²) in [5, 5.41) is 52.6. The largest absolute Gasteiger partial charge is 0.394 e. The van der Waals surface area contributed by atoms with E-state index >= 15 is 0 Å². The molecule has 0 aromatic rings. The molecule has 2 saturated heterocycles. The first-order chi connectivity index (χ1) is 21.2. The van der Waals surface area contributed by atoms with Crippen molar-refractivity contribution in [2.75, 3.05) is 6.61 Å². The van der Waals surface area contributed by atoms with Crippen molar-refractivity contribution in [2.24, 2.45) is 44.8 Å². The zero-order chi connectivity index (χ0) is 33.6. The lowest BCUT2D eigenvalue weighted by atomic mass is 9.41. The van der Waals surface area contributed by atoms with Crippen LogP contribution >= 0.6 is 0 Å². The Balaban J connectivity index is 1.26. The van der Waals surface area contributed by atoms with Crippen LogP contribution in [0.1, 0.15) is 106 Å². The summed E-state index contributed by atoms with van der Waals surface area (Å²) in [6.45, 7) is 13.7. The Morgan fingerprint density at radius 1 is 0.913 bits per heavy atom. The zero-order valence-electron chi connectivity index (χ0n) is 28.6. The van der Waals surface area contributed by atoms with Crippen LogP contribution < -0.4 is 0 Å². The van der Waals surface area contributed by atoms with E-state index in [0.717, 1.165) is 25.7 Å². The average Bonchev–Trinajstić information content (AvgIpc) is 3.33. The van der Waals surface area contributed by atoms with Gasteiger partial charge in [-0.05, 0) is 93.3 Å². The second kappa shape index (κ2) is 10.1. The lowest BCUT2D eigenvalue weighted by Gasteiger charge is -2.64. The van der Waals surface area contributed by atoms with Crippen molar-refractivity contribution >= 4 is 11.6 Å². The van der Waals surface area contributed by atoms with Crippen LogP contribution in [0.25, 0.3) is 0 Å². The van der Waals surface area contributed by atoms with Crippen molar-refractivity contribution < 1.29 is 49.3 Å². The van der Waals surface area contributed by atoms with Gasteiger partial charge in [0, 0.05) is 24.2 Å². The molecule has 2 unspecified atom stereocenters. The number of carbonyl (C=O) groups is 2. The quantitative estimate of drug-likeness (QED) is 0.280. The van der Waals surface area contributed by atoms with E-state index in [0.29, 0.717) is 32.1 Å². The van der Waals surface area contributed by atoms with Gasteiger partial charge in [0.05, 0.1) is 35.9 Å². The molecule has 7 rings (SSSR count). The predicted octanol–water partition coefficient (Wildman–Crippen LogP) is 2.68. The molecule has 2 spiro atoms. The van der Waals surface area contributed by atoms with Gasteiger partial charge in [0.1, 0.15) is 36.0 Å². The summed E-state index contributed by atoms with van der Waals surface area (Å²) in [6.07, 6.45) is -1.28. The molecule has 0 aromatic heterocycles. The zero-order valence-corrected chi connectivity index (χ0v) is 28.6. The lowest BCUT2D eigenvalue weighted by Crippen LogP contribution is -2.64. The molecule has 46 heavy (non-hydrogen) atoms. The van der Waals surface area contributed by atoms with Gasteiger partial charge >= 0.3 is 0 Å². The van der Waals surface area contributed by atoms with E-state index in [9.17, 15) is 35.1 Å². The summed E-state index contributed by atoms with van der Waals surface area (Å²) in [7, 11) is 0. The molecule has 0 bridgehead atoms. The van der Waals surface area contributed by atoms with Crippen LogP contribution in [0.4, 0.5) is 0 Å². The maximum absolute atomic E-state index is 14.4. The van der Waals surface area contributed by atoms with Crippen LogP contribution in [-0.2, 0) is 23.8 Å². The van der Waals surface area contributed by atoms with Crippen LogP contribution in [0.3, 0.4) is 0 Å². The molecular weight excluding hydrogens is 592 g/mol. The highest BCUT2D eigenvalue weighted by Crippen LogP contribution is 2.89. The van der Waals surface area contributed by atoms with E-state index in [1.54, 1.807) is 13.8 Å². The second-order valence-corrected chi connectivity index (χ2v) is 18.3. The number of rotatable bonds is 5. The highest BCUT2D eigenvalue weighted by Gasteiger charge is 2.85. The van der Waals surface area contributed by atoms with E-state index < -0.39 is 60.0 Å². The first kappa shape index (κ1) is 33.5. The Hall–Kier alpha value is -0.980. The number of aliphatic hydroxyl groups excluding tert-OH is 4. The maximum Gasteiger partial charge on any atom is 0.186 e. The first-order valence-electron chi connectivity index (χ1n) is 17.6. The van der Waals surface area contributed by atoms with Gasteiger partial charge in [-0.3, -0.25) is 9.59 Å². The number of fused-ring (bicyclic) bond motifs is 2. The van der Waals surface area contributed by atoms with Gasteiger partial charge in [-0.1, -0.05) is 27.7 Å². The SMILES string of the molecule is CC(C)(O)C1CC[C@@](C)([C@H]2C(=O)C[C@@]3(C)[C@@H]4CC(O[C@@H]5O[C@H](CO)[C@@H](O)[C@H](O)[C@H]5O)[C@H]5C(C)(C)C(=O)CC[C@@]56C[C@@]46CC[C@]23C)O1. The summed E-state index contributed by atoms with van der Waals surface area (Å²) in [4.78, 5) is 27.9. The van der Waals surface area contributed by atoms with Crippen molar-refractivity contribution in [2.45, 2.75) is 160 Å². The average molecular weight is 649 g/mol. The predicted molar refractivity (Wildman–Crippen MR) is 165 cm³/mol.